The number of hydrogen-bond acceptors (Lipinski definition) is 4. The van der Waals surface area contributed by atoms with E-state index in [4.69, 9.17) is 5.73 Å². The molecule has 0 spiro atoms. The third-order valence-corrected chi connectivity index (χ3v) is 3.18. The predicted molar refractivity (Wildman–Crippen MR) is 86.4 cm³/mol. The van der Waals surface area contributed by atoms with Crippen molar-refractivity contribution in [1.82, 2.24) is 10.6 Å². The quantitative estimate of drug-likeness (QED) is 0.584. The second kappa shape index (κ2) is 7.22. The maximum atomic E-state index is 11.8. The van der Waals surface area contributed by atoms with Gasteiger partial charge in [-0.3, -0.25) is 19.7 Å². The van der Waals surface area contributed by atoms with Crippen molar-refractivity contribution in [1.29, 1.82) is 0 Å². The number of carbonyl (C=O) groups excluding carboxylic acids is 3. The Morgan fingerprint density at radius 2 is 1.52 bits per heavy atom. The normalized spacial score (nSPS) is 9.96. The van der Waals surface area contributed by atoms with E-state index < -0.39 is 17.7 Å². The van der Waals surface area contributed by atoms with Crippen LogP contribution >= 0.6 is 0 Å². The number of imide groups is 1. The van der Waals surface area contributed by atoms with Crippen molar-refractivity contribution in [3.05, 3.63) is 65.2 Å². The number of benzene rings is 2. The van der Waals surface area contributed by atoms with E-state index in [0.717, 1.165) is 11.1 Å². The van der Waals surface area contributed by atoms with E-state index in [1.54, 1.807) is 0 Å². The van der Waals surface area contributed by atoms with E-state index in [1.165, 1.54) is 24.3 Å². The summed E-state index contributed by atoms with van der Waals surface area (Å²) in [6.45, 7) is 2.17. The van der Waals surface area contributed by atoms with Crippen molar-refractivity contribution in [2.45, 2.75) is 13.5 Å². The molecule has 0 aliphatic rings. The number of anilines is 1. The fraction of sp³-hybridized carbons (Fsp3) is 0.118. The van der Waals surface area contributed by atoms with Gasteiger partial charge in [-0.1, -0.05) is 29.8 Å². The Bertz CT molecular complexity index is 722. The molecule has 0 aromatic heterocycles. The largest absolute Gasteiger partial charge is 0.399 e. The molecule has 6 heteroatoms. The van der Waals surface area contributed by atoms with Crippen molar-refractivity contribution in [2.24, 2.45) is 0 Å². The minimum Gasteiger partial charge on any atom is -0.399 e. The van der Waals surface area contributed by atoms with Crippen LogP contribution in [0.25, 0.3) is 0 Å². The Kier molecular flexibility index (Phi) is 5.09. The minimum absolute atomic E-state index is 0.211. The van der Waals surface area contributed by atoms with Gasteiger partial charge >= 0.3 is 11.8 Å². The molecule has 0 unspecified atom stereocenters. The zero-order chi connectivity index (χ0) is 16.8. The van der Waals surface area contributed by atoms with E-state index in [9.17, 15) is 14.4 Å². The van der Waals surface area contributed by atoms with Gasteiger partial charge in [-0.2, -0.15) is 0 Å². The number of nitrogen functional groups attached to an aromatic ring is 1. The molecule has 2 aromatic carbocycles. The van der Waals surface area contributed by atoms with Crippen LogP contribution in [0.2, 0.25) is 0 Å². The molecule has 2 aromatic rings. The van der Waals surface area contributed by atoms with Gasteiger partial charge in [0.05, 0.1) is 0 Å². The molecule has 23 heavy (non-hydrogen) atoms. The lowest BCUT2D eigenvalue weighted by atomic mass is 10.1. The van der Waals surface area contributed by atoms with Crippen molar-refractivity contribution >= 4 is 23.4 Å². The third-order valence-electron chi connectivity index (χ3n) is 3.18. The molecule has 118 valence electrons. The highest BCUT2D eigenvalue weighted by Gasteiger charge is 2.17. The molecule has 2 rings (SSSR count). The molecular formula is C17H17N3O3. The van der Waals surface area contributed by atoms with Crippen molar-refractivity contribution in [3.63, 3.8) is 0 Å². The van der Waals surface area contributed by atoms with Crippen LogP contribution in [-0.2, 0) is 16.1 Å². The van der Waals surface area contributed by atoms with E-state index >= 15 is 0 Å². The second-order valence-corrected chi connectivity index (χ2v) is 5.07. The SMILES string of the molecule is Cc1ccc(CNC(=O)C(=O)NC(=O)c2ccc(N)cc2)cc1. The molecule has 0 radical (unpaired) electrons. The first-order valence-corrected chi connectivity index (χ1v) is 7.00. The molecule has 0 fully saturated rings. The van der Waals surface area contributed by atoms with Gasteiger partial charge in [-0.05, 0) is 36.8 Å². The van der Waals surface area contributed by atoms with Gasteiger partial charge < -0.3 is 11.1 Å². The predicted octanol–water partition coefficient (Wildman–Crippen LogP) is 1.15. The highest BCUT2D eigenvalue weighted by atomic mass is 16.2. The molecule has 3 amide bonds. The van der Waals surface area contributed by atoms with Crippen LogP contribution in [0.1, 0.15) is 21.5 Å². The van der Waals surface area contributed by atoms with Gasteiger partial charge in [0.25, 0.3) is 5.91 Å². The molecule has 0 saturated heterocycles. The lowest BCUT2D eigenvalue weighted by Gasteiger charge is -2.06. The third kappa shape index (κ3) is 4.67. The van der Waals surface area contributed by atoms with E-state index in [2.05, 4.69) is 5.32 Å². The minimum atomic E-state index is -1.00. The summed E-state index contributed by atoms with van der Waals surface area (Å²) in [5.74, 6) is -2.52. The van der Waals surface area contributed by atoms with Crippen molar-refractivity contribution in [3.8, 4) is 0 Å². The van der Waals surface area contributed by atoms with Crippen LogP contribution in [0.15, 0.2) is 48.5 Å². The topological polar surface area (TPSA) is 101 Å². The fourth-order valence-electron chi connectivity index (χ4n) is 1.84. The number of nitrogens with one attached hydrogen (secondary N) is 2. The van der Waals surface area contributed by atoms with Gasteiger partial charge in [-0.25, -0.2) is 0 Å². The maximum Gasteiger partial charge on any atom is 0.316 e. The lowest BCUT2D eigenvalue weighted by Crippen LogP contribution is -2.42. The van der Waals surface area contributed by atoms with E-state index in [0.29, 0.717) is 5.69 Å². The van der Waals surface area contributed by atoms with Gasteiger partial charge in [0, 0.05) is 17.8 Å². The summed E-state index contributed by atoms with van der Waals surface area (Å²) in [4.78, 5) is 35.2. The summed E-state index contributed by atoms with van der Waals surface area (Å²) < 4.78 is 0. The van der Waals surface area contributed by atoms with E-state index in [1.807, 2.05) is 36.5 Å². The van der Waals surface area contributed by atoms with Gasteiger partial charge in [-0.15, -0.1) is 0 Å². The summed E-state index contributed by atoms with van der Waals surface area (Å²) >= 11 is 0. The Labute approximate surface area is 133 Å². The first-order chi connectivity index (χ1) is 11.0. The highest BCUT2D eigenvalue weighted by molar-refractivity contribution is 6.38. The fourth-order valence-corrected chi connectivity index (χ4v) is 1.84. The van der Waals surface area contributed by atoms with Crippen LogP contribution in [0.4, 0.5) is 5.69 Å². The summed E-state index contributed by atoms with van der Waals surface area (Å²) in [5.41, 5.74) is 8.24. The molecule has 6 nitrogen and oxygen atoms in total. The second-order valence-electron chi connectivity index (χ2n) is 5.07. The first-order valence-electron chi connectivity index (χ1n) is 7.00. The highest BCUT2D eigenvalue weighted by Crippen LogP contribution is 2.05. The average Bonchev–Trinajstić information content (AvgIpc) is 2.54. The molecular weight excluding hydrogens is 294 g/mol. The van der Waals surface area contributed by atoms with Crippen LogP contribution in [0.3, 0.4) is 0 Å². The molecule has 0 bridgehead atoms. The Hall–Kier alpha value is -3.15. The Morgan fingerprint density at radius 3 is 2.13 bits per heavy atom. The zero-order valence-corrected chi connectivity index (χ0v) is 12.6. The lowest BCUT2D eigenvalue weighted by molar-refractivity contribution is -0.138. The summed E-state index contributed by atoms with van der Waals surface area (Å²) in [7, 11) is 0. The smallest absolute Gasteiger partial charge is 0.316 e. The number of rotatable bonds is 3. The van der Waals surface area contributed by atoms with Crippen LogP contribution < -0.4 is 16.4 Å². The first kappa shape index (κ1) is 16.2. The average molecular weight is 311 g/mol. The maximum absolute atomic E-state index is 11.8. The van der Waals surface area contributed by atoms with Gasteiger partial charge in [0.2, 0.25) is 0 Å². The number of carbonyl (C=O) groups is 3. The monoisotopic (exact) mass is 311 g/mol. The summed E-state index contributed by atoms with van der Waals surface area (Å²) in [5, 5.41) is 4.49. The van der Waals surface area contributed by atoms with Crippen molar-refractivity contribution < 1.29 is 14.4 Å². The molecule has 0 heterocycles. The molecule has 0 aliphatic heterocycles. The zero-order valence-electron chi connectivity index (χ0n) is 12.6. The van der Waals surface area contributed by atoms with Gasteiger partial charge in [0.1, 0.15) is 0 Å². The Balaban J connectivity index is 1.87. The summed E-state index contributed by atoms with van der Waals surface area (Å²) in [6, 6.07) is 13.6. The molecule has 0 saturated carbocycles. The van der Waals surface area contributed by atoms with Crippen LogP contribution in [0, 0.1) is 6.92 Å². The summed E-state index contributed by atoms with van der Waals surface area (Å²) in [6.07, 6.45) is 0. The number of hydrogen-bond donors (Lipinski definition) is 3. The number of amides is 3. The van der Waals surface area contributed by atoms with Gasteiger partial charge in [0.15, 0.2) is 0 Å². The van der Waals surface area contributed by atoms with E-state index in [-0.39, 0.29) is 12.1 Å². The molecule has 0 aliphatic carbocycles. The number of nitrogens with two attached hydrogens (primary N) is 1. The molecule has 0 atom stereocenters. The van der Waals surface area contributed by atoms with Crippen molar-refractivity contribution in [2.75, 3.05) is 5.73 Å². The Morgan fingerprint density at radius 1 is 0.913 bits per heavy atom. The van der Waals surface area contributed by atoms with Crippen LogP contribution in [0.5, 0.6) is 0 Å². The molecule has 4 N–H and O–H groups in total. The van der Waals surface area contributed by atoms with Crippen LogP contribution in [-0.4, -0.2) is 17.7 Å². The number of aryl methyl sites for hydroxylation is 1. The standard InChI is InChI=1S/C17H17N3O3/c1-11-2-4-12(5-3-11)10-19-16(22)17(23)20-15(21)13-6-8-14(18)9-7-13/h2-9H,10,18H2,1H3,(H,19,22)(H,20,21,23).